The van der Waals surface area contributed by atoms with E-state index in [2.05, 4.69) is 4.98 Å². The molecule has 0 N–H and O–H groups in total. The molecule has 12 heavy (non-hydrogen) atoms. The fourth-order valence-corrected chi connectivity index (χ4v) is 0.815. The zero-order valence-electron chi connectivity index (χ0n) is 6.12. The Morgan fingerprint density at radius 1 is 1.67 bits per heavy atom. The first-order chi connectivity index (χ1) is 5.74. The Kier molecular flexibility index (Phi) is 2.78. The number of hydrogen-bond acceptors (Lipinski definition) is 3. The second-order valence-electron chi connectivity index (χ2n) is 2.12. The maximum atomic E-state index is 11.0. The highest BCUT2D eigenvalue weighted by molar-refractivity contribution is 6.30. The van der Waals surface area contributed by atoms with Crippen LogP contribution in [0.3, 0.4) is 0 Å². The van der Waals surface area contributed by atoms with Crippen molar-refractivity contribution in [1.82, 2.24) is 4.98 Å². The Balaban J connectivity index is 2.84. The van der Waals surface area contributed by atoms with Gasteiger partial charge in [0.25, 0.3) is 0 Å². The van der Waals surface area contributed by atoms with Gasteiger partial charge in [0.05, 0.1) is 11.1 Å². The first-order valence-electron chi connectivity index (χ1n) is 3.25. The van der Waals surface area contributed by atoms with Crippen molar-refractivity contribution in [2.24, 2.45) is 0 Å². The number of aromatic nitrogens is 1. The van der Waals surface area contributed by atoms with Gasteiger partial charge in [-0.25, -0.2) is 0 Å². The summed E-state index contributed by atoms with van der Waals surface area (Å²) in [6, 6.07) is 4.83. The van der Waals surface area contributed by atoms with E-state index in [1.807, 2.05) is 0 Å². The smallest absolute Gasteiger partial charge is 0.195 e. The predicted molar refractivity (Wildman–Crippen MR) is 43.8 cm³/mol. The van der Waals surface area contributed by atoms with Gasteiger partial charge in [0, 0.05) is 6.20 Å². The van der Waals surface area contributed by atoms with Gasteiger partial charge >= 0.3 is 0 Å². The molecule has 0 aliphatic heterocycles. The minimum absolute atomic E-state index is 0.144. The quantitative estimate of drug-likeness (QED) is 0.653. The summed E-state index contributed by atoms with van der Waals surface area (Å²) in [5, 5.41) is 8.70. The predicted octanol–water partition coefficient (Wildman–Crippen LogP) is 1.83. The lowest BCUT2D eigenvalue weighted by molar-refractivity contribution is 0.0993. The van der Waals surface area contributed by atoms with Crippen LogP contribution in [0.1, 0.15) is 16.9 Å². The van der Waals surface area contributed by atoms with Crippen LogP contribution in [0.15, 0.2) is 18.3 Å². The van der Waals surface area contributed by atoms with Gasteiger partial charge in [0.2, 0.25) is 0 Å². The normalized spacial score (nSPS) is 9.00. The molecule has 1 heterocycles. The van der Waals surface area contributed by atoms with Crippen LogP contribution in [-0.4, -0.2) is 10.8 Å². The van der Waals surface area contributed by atoms with Crippen LogP contribution >= 0.6 is 11.6 Å². The van der Waals surface area contributed by atoms with Crippen LogP contribution < -0.4 is 0 Å². The van der Waals surface area contributed by atoms with Crippen molar-refractivity contribution in [2.45, 2.75) is 6.42 Å². The van der Waals surface area contributed by atoms with Crippen molar-refractivity contribution >= 4 is 17.4 Å². The Morgan fingerprint density at radius 3 is 2.92 bits per heavy atom. The summed E-state index contributed by atoms with van der Waals surface area (Å²) in [4.78, 5) is 14.8. The van der Waals surface area contributed by atoms with E-state index in [0.717, 1.165) is 0 Å². The van der Waals surface area contributed by atoms with Gasteiger partial charge in [0.1, 0.15) is 12.1 Å². The summed E-state index contributed by atoms with van der Waals surface area (Å²) in [6.07, 6.45) is 1.24. The number of nitrogens with zero attached hydrogens (tertiary/aromatic N) is 2. The molecule has 60 valence electrons. The third-order valence-corrected chi connectivity index (χ3v) is 1.48. The number of carbonyl (C=O) groups is 1. The molecule has 0 spiro atoms. The van der Waals surface area contributed by atoms with Crippen molar-refractivity contribution in [3.05, 3.63) is 29.0 Å². The van der Waals surface area contributed by atoms with Gasteiger partial charge in [-0.05, 0) is 12.1 Å². The zero-order chi connectivity index (χ0) is 8.97. The van der Waals surface area contributed by atoms with Crippen LogP contribution in [0, 0.1) is 11.3 Å². The minimum Gasteiger partial charge on any atom is -0.291 e. The highest BCUT2D eigenvalue weighted by Gasteiger charge is 2.05. The van der Waals surface area contributed by atoms with Crippen molar-refractivity contribution in [2.75, 3.05) is 0 Å². The van der Waals surface area contributed by atoms with Gasteiger partial charge in [-0.3, -0.25) is 9.78 Å². The largest absolute Gasteiger partial charge is 0.291 e. The van der Waals surface area contributed by atoms with Crippen molar-refractivity contribution in [3.63, 3.8) is 0 Å². The highest BCUT2D eigenvalue weighted by atomic mass is 35.5. The van der Waals surface area contributed by atoms with E-state index in [-0.39, 0.29) is 17.9 Å². The first kappa shape index (κ1) is 8.69. The molecule has 1 rings (SSSR count). The third kappa shape index (κ3) is 2.04. The molecule has 1 aromatic heterocycles. The molecule has 0 unspecified atom stereocenters. The lowest BCUT2D eigenvalue weighted by Crippen LogP contribution is -1.99. The van der Waals surface area contributed by atoms with Crippen LogP contribution in [0.2, 0.25) is 5.02 Å². The van der Waals surface area contributed by atoms with Crippen LogP contribution in [0.4, 0.5) is 0 Å². The van der Waals surface area contributed by atoms with Crippen LogP contribution in [0.25, 0.3) is 0 Å². The molecule has 3 nitrogen and oxygen atoms in total. The van der Waals surface area contributed by atoms with Gasteiger partial charge in [-0.2, -0.15) is 5.26 Å². The van der Waals surface area contributed by atoms with Crippen LogP contribution in [-0.2, 0) is 0 Å². The molecule has 1 aromatic rings. The summed E-state index contributed by atoms with van der Waals surface area (Å²) in [7, 11) is 0. The maximum Gasteiger partial charge on any atom is 0.195 e. The van der Waals surface area contributed by atoms with E-state index in [9.17, 15) is 4.79 Å². The van der Waals surface area contributed by atoms with Gasteiger partial charge in [-0.1, -0.05) is 11.6 Å². The molecule has 0 fully saturated rings. The first-order valence-corrected chi connectivity index (χ1v) is 3.63. The Bertz CT molecular complexity index is 326. The second kappa shape index (κ2) is 3.84. The van der Waals surface area contributed by atoms with Crippen molar-refractivity contribution < 1.29 is 4.79 Å². The number of hydrogen-bond donors (Lipinski definition) is 0. The molecular weight excluding hydrogens is 176 g/mol. The number of halogens is 1. The fourth-order valence-electron chi connectivity index (χ4n) is 0.703. The molecule has 0 aliphatic carbocycles. The summed E-state index contributed by atoms with van der Waals surface area (Å²) in [5.41, 5.74) is 0.279. The highest BCUT2D eigenvalue weighted by Crippen LogP contribution is 2.07. The molecular formula is C8H5ClN2O. The third-order valence-electron chi connectivity index (χ3n) is 1.25. The maximum absolute atomic E-state index is 11.0. The Hall–Kier alpha value is -1.40. The Morgan fingerprint density at radius 2 is 2.42 bits per heavy atom. The molecule has 0 saturated heterocycles. The number of rotatable bonds is 2. The SMILES string of the molecule is N#CCC(=O)c1ccc(Cl)cn1. The minimum atomic E-state index is -0.283. The summed E-state index contributed by atoms with van der Waals surface area (Å²) in [5.74, 6) is -0.283. The number of pyridine rings is 1. The molecule has 0 bridgehead atoms. The monoisotopic (exact) mass is 180 g/mol. The number of carbonyl (C=O) groups excluding carboxylic acids is 1. The Labute approximate surface area is 74.6 Å². The van der Waals surface area contributed by atoms with E-state index in [0.29, 0.717) is 5.02 Å². The lowest BCUT2D eigenvalue weighted by Gasteiger charge is -1.93. The molecule has 4 heteroatoms. The number of Topliss-reactive ketones (excluding diaryl/α,β-unsaturated/α-hetero) is 1. The van der Waals surface area contributed by atoms with Gasteiger partial charge < -0.3 is 0 Å². The summed E-state index contributed by atoms with van der Waals surface area (Å²) in [6.45, 7) is 0. The standard InChI is InChI=1S/C8H5ClN2O/c9-6-1-2-7(11-5-6)8(12)3-4-10/h1-2,5H,3H2. The van der Waals surface area contributed by atoms with Crippen LogP contribution in [0.5, 0.6) is 0 Å². The molecule has 0 atom stereocenters. The van der Waals surface area contributed by atoms with Gasteiger partial charge in [-0.15, -0.1) is 0 Å². The fraction of sp³-hybridized carbons (Fsp3) is 0.125. The van der Waals surface area contributed by atoms with E-state index < -0.39 is 0 Å². The molecule has 0 saturated carbocycles. The van der Waals surface area contributed by atoms with Gasteiger partial charge in [0.15, 0.2) is 5.78 Å². The van der Waals surface area contributed by atoms with E-state index in [4.69, 9.17) is 16.9 Å². The average Bonchev–Trinajstić information content (AvgIpc) is 2.06. The summed E-state index contributed by atoms with van der Waals surface area (Å²) < 4.78 is 0. The van der Waals surface area contributed by atoms with E-state index >= 15 is 0 Å². The molecule has 0 amide bonds. The van der Waals surface area contributed by atoms with Crippen molar-refractivity contribution in [3.8, 4) is 6.07 Å². The van der Waals surface area contributed by atoms with Crippen molar-refractivity contribution in [1.29, 1.82) is 5.26 Å². The molecule has 0 aromatic carbocycles. The second-order valence-corrected chi connectivity index (χ2v) is 2.56. The van der Waals surface area contributed by atoms with E-state index in [1.165, 1.54) is 12.3 Å². The summed E-state index contributed by atoms with van der Waals surface area (Å²) >= 11 is 5.55. The number of nitriles is 1. The molecule has 0 radical (unpaired) electrons. The zero-order valence-corrected chi connectivity index (χ0v) is 6.88. The average molecular weight is 181 g/mol. The van der Waals surface area contributed by atoms with E-state index in [1.54, 1.807) is 12.1 Å². The number of ketones is 1. The lowest BCUT2D eigenvalue weighted by atomic mass is 10.2. The topological polar surface area (TPSA) is 53.8 Å². The molecule has 0 aliphatic rings.